The summed E-state index contributed by atoms with van der Waals surface area (Å²) in [6, 6.07) is 9.10. The van der Waals surface area contributed by atoms with Gasteiger partial charge in [0.2, 0.25) is 0 Å². The Bertz CT molecular complexity index is 335. The summed E-state index contributed by atoms with van der Waals surface area (Å²) in [5.41, 5.74) is 0.760. The highest BCUT2D eigenvalue weighted by Crippen LogP contribution is 2.23. The van der Waals surface area contributed by atoms with Crippen LogP contribution in [-0.2, 0) is 4.79 Å². The summed E-state index contributed by atoms with van der Waals surface area (Å²) in [6.45, 7) is 2.05. The minimum atomic E-state index is -0.869. The van der Waals surface area contributed by atoms with Crippen LogP contribution in [0.4, 0.5) is 0 Å². The lowest BCUT2D eigenvalue weighted by Gasteiger charge is -2.17. The first-order valence-electron chi connectivity index (χ1n) is 6.11. The number of aliphatic carboxylic acids is 1. The number of aliphatic hydroxyl groups excluding tert-OH is 1. The Morgan fingerprint density at radius 1 is 1.29 bits per heavy atom. The third-order valence-corrected chi connectivity index (χ3v) is 2.90. The molecule has 0 fully saturated rings. The van der Waals surface area contributed by atoms with Crippen LogP contribution in [0.3, 0.4) is 0 Å². The maximum Gasteiger partial charge on any atom is 0.311 e. The van der Waals surface area contributed by atoms with Crippen LogP contribution in [0.25, 0.3) is 0 Å². The number of carbonyl (C=O) groups is 1. The highest BCUT2D eigenvalue weighted by molar-refractivity contribution is 5.76. The normalized spacial score (nSPS) is 14.2. The molecule has 0 radical (unpaired) electrons. The van der Waals surface area contributed by atoms with Crippen LogP contribution in [0, 0.1) is 0 Å². The molecule has 1 rings (SSSR count). The first-order chi connectivity index (χ1) is 8.15. The van der Waals surface area contributed by atoms with Crippen LogP contribution in [-0.4, -0.2) is 22.3 Å². The SMILES string of the molecule is CCCCC(O)CC(C(=O)O)c1ccccc1. The summed E-state index contributed by atoms with van der Waals surface area (Å²) < 4.78 is 0. The first kappa shape index (κ1) is 13.7. The van der Waals surface area contributed by atoms with E-state index in [1.807, 2.05) is 18.2 Å². The second-order valence-corrected chi connectivity index (χ2v) is 4.33. The lowest BCUT2D eigenvalue weighted by atomic mass is 9.91. The molecule has 0 spiro atoms. The summed E-state index contributed by atoms with van der Waals surface area (Å²) >= 11 is 0. The van der Waals surface area contributed by atoms with E-state index in [0.717, 1.165) is 18.4 Å². The van der Waals surface area contributed by atoms with E-state index in [1.165, 1.54) is 0 Å². The second-order valence-electron chi connectivity index (χ2n) is 4.33. The van der Waals surface area contributed by atoms with Gasteiger partial charge >= 0.3 is 5.97 Å². The van der Waals surface area contributed by atoms with E-state index in [-0.39, 0.29) is 0 Å². The van der Waals surface area contributed by atoms with Gasteiger partial charge in [0.15, 0.2) is 0 Å². The zero-order chi connectivity index (χ0) is 12.7. The number of hydrogen-bond acceptors (Lipinski definition) is 2. The number of aliphatic hydroxyl groups is 1. The van der Waals surface area contributed by atoms with E-state index in [0.29, 0.717) is 12.8 Å². The van der Waals surface area contributed by atoms with Crippen LogP contribution >= 0.6 is 0 Å². The molecule has 0 saturated carbocycles. The van der Waals surface area contributed by atoms with Crippen LogP contribution in [0.1, 0.15) is 44.1 Å². The molecule has 94 valence electrons. The van der Waals surface area contributed by atoms with Gasteiger partial charge in [0.25, 0.3) is 0 Å². The van der Waals surface area contributed by atoms with Crippen LogP contribution in [0.5, 0.6) is 0 Å². The summed E-state index contributed by atoms with van der Waals surface area (Å²) in [5.74, 6) is -1.48. The van der Waals surface area contributed by atoms with E-state index < -0.39 is 18.0 Å². The van der Waals surface area contributed by atoms with Crippen molar-refractivity contribution >= 4 is 5.97 Å². The third kappa shape index (κ3) is 4.57. The molecule has 0 aliphatic carbocycles. The number of carboxylic acids is 1. The van der Waals surface area contributed by atoms with Crippen molar-refractivity contribution in [2.75, 3.05) is 0 Å². The Labute approximate surface area is 102 Å². The van der Waals surface area contributed by atoms with Crippen LogP contribution in [0.2, 0.25) is 0 Å². The standard InChI is InChI=1S/C14H20O3/c1-2-3-9-12(15)10-13(14(16)17)11-7-5-4-6-8-11/h4-8,12-13,15H,2-3,9-10H2,1H3,(H,16,17). The average Bonchev–Trinajstić information content (AvgIpc) is 2.34. The monoisotopic (exact) mass is 236 g/mol. The molecular weight excluding hydrogens is 216 g/mol. The molecule has 1 aromatic carbocycles. The lowest BCUT2D eigenvalue weighted by molar-refractivity contribution is -0.139. The van der Waals surface area contributed by atoms with Crippen molar-refractivity contribution < 1.29 is 15.0 Å². The molecule has 3 heteroatoms. The lowest BCUT2D eigenvalue weighted by Crippen LogP contribution is -2.19. The number of benzene rings is 1. The number of carboxylic acid groups (broad SMARTS) is 1. The fourth-order valence-corrected chi connectivity index (χ4v) is 1.89. The molecule has 0 aliphatic rings. The molecule has 0 aromatic heterocycles. The zero-order valence-electron chi connectivity index (χ0n) is 10.2. The van der Waals surface area contributed by atoms with Crippen molar-refractivity contribution in [2.24, 2.45) is 0 Å². The molecule has 1 aromatic rings. The fraction of sp³-hybridized carbons (Fsp3) is 0.500. The molecule has 0 saturated heterocycles. The molecule has 0 aliphatic heterocycles. The van der Waals surface area contributed by atoms with Gasteiger partial charge in [0, 0.05) is 0 Å². The van der Waals surface area contributed by atoms with Gasteiger partial charge in [-0.3, -0.25) is 4.79 Å². The zero-order valence-corrected chi connectivity index (χ0v) is 10.2. The highest BCUT2D eigenvalue weighted by atomic mass is 16.4. The van der Waals surface area contributed by atoms with Crippen molar-refractivity contribution in [3.8, 4) is 0 Å². The maximum atomic E-state index is 11.2. The van der Waals surface area contributed by atoms with E-state index in [9.17, 15) is 15.0 Å². The molecule has 0 bridgehead atoms. The minimum Gasteiger partial charge on any atom is -0.481 e. The quantitative estimate of drug-likeness (QED) is 0.765. The Hall–Kier alpha value is -1.35. The van der Waals surface area contributed by atoms with Crippen molar-refractivity contribution in [1.29, 1.82) is 0 Å². The molecule has 2 atom stereocenters. The Morgan fingerprint density at radius 3 is 2.47 bits per heavy atom. The summed E-state index contributed by atoms with van der Waals surface area (Å²) in [7, 11) is 0. The topological polar surface area (TPSA) is 57.5 Å². The van der Waals surface area contributed by atoms with Gasteiger partial charge in [-0.15, -0.1) is 0 Å². The van der Waals surface area contributed by atoms with Gasteiger partial charge in [-0.25, -0.2) is 0 Å². The highest BCUT2D eigenvalue weighted by Gasteiger charge is 2.22. The largest absolute Gasteiger partial charge is 0.481 e. The minimum absolute atomic E-state index is 0.291. The van der Waals surface area contributed by atoms with E-state index in [2.05, 4.69) is 6.92 Å². The summed E-state index contributed by atoms with van der Waals surface area (Å²) in [4.78, 5) is 11.2. The van der Waals surface area contributed by atoms with Gasteiger partial charge in [0.1, 0.15) is 0 Å². The van der Waals surface area contributed by atoms with Crippen molar-refractivity contribution in [2.45, 2.75) is 44.6 Å². The van der Waals surface area contributed by atoms with E-state index in [1.54, 1.807) is 12.1 Å². The smallest absolute Gasteiger partial charge is 0.311 e. The molecule has 2 unspecified atom stereocenters. The van der Waals surface area contributed by atoms with Gasteiger partial charge < -0.3 is 10.2 Å². The van der Waals surface area contributed by atoms with Crippen LogP contribution in [0.15, 0.2) is 30.3 Å². The molecule has 0 heterocycles. The Kier molecular flexibility index (Phi) is 5.70. The van der Waals surface area contributed by atoms with Crippen molar-refractivity contribution in [1.82, 2.24) is 0 Å². The van der Waals surface area contributed by atoms with Gasteiger partial charge in [-0.05, 0) is 18.4 Å². The molecule has 2 N–H and O–H groups in total. The fourth-order valence-electron chi connectivity index (χ4n) is 1.89. The maximum absolute atomic E-state index is 11.2. The van der Waals surface area contributed by atoms with Gasteiger partial charge in [-0.2, -0.15) is 0 Å². The number of unbranched alkanes of at least 4 members (excludes halogenated alkanes) is 1. The Balaban J connectivity index is 2.65. The molecular formula is C14H20O3. The predicted octanol–water partition coefficient (Wildman–Crippen LogP) is 2.80. The van der Waals surface area contributed by atoms with Gasteiger partial charge in [-0.1, -0.05) is 50.1 Å². The predicted molar refractivity (Wildman–Crippen MR) is 67.0 cm³/mol. The summed E-state index contributed by atoms with van der Waals surface area (Å²) in [5, 5.41) is 19.0. The van der Waals surface area contributed by atoms with E-state index in [4.69, 9.17) is 0 Å². The number of hydrogen-bond donors (Lipinski definition) is 2. The molecule has 17 heavy (non-hydrogen) atoms. The average molecular weight is 236 g/mol. The van der Waals surface area contributed by atoms with Crippen molar-refractivity contribution in [3.05, 3.63) is 35.9 Å². The Morgan fingerprint density at radius 2 is 1.94 bits per heavy atom. The summed E-state index contributed by atoms with van der Waals surface area (Å²) in [6.07, 6.45) is 2.38. The first-order valence-corrected chi connectivity index (χ1v) is 6.11. The van der Waals surface area contributed by atoms with E-state index >= 15 is 0 Å². The second kappa shape index (κ2) is 7.07. The third-order valence-electron chi connectivity index (χ3n) is 2.90. The number of rotatable bonds is 7. The van der Waals surface area contributed by atoms with Crippen LogP contribution < -0.4 is 0 Å². The molecule has 3 nitrogen and oxygen atoms in total. The van der Waals surface area contributed by atoms with Gasteiger partial charge in [0.05, 0.1) is 12.0 Å². The van der Waals surface area contributed by atoms with Crippen molar-refractivity contribution in [3.63, 3.8) is 0 Å². The molecule has 0 amide bonds.